The lowest BCUT2D eigenvalue weighted by atomic mass is 10.1. The van der Waals surface area contributed by atoms with E-state index >= 15 is 0 Å². The highest BCUT2D eigenvalue weighted by atomic mass is 79.9. The fraction of sp³-hybridized carbons (Fsp3) is 0.417. The van der Waals surface area contributed by atoms with Gasteiger partial charge < -0.3 is 4.90 Å². The molecule has 0 spiro atoms. The Kier molecular flexibility index (Phi) is 6.65. The zero-order valence-electron chi connectivity index (χ0n) is 9.88. The lowest BCUT2D eigenvalue weighted by Gasteiger charge is -2.21. The summed E-state index contributed by atoms with van der Waals surface area (Å²) in [6.07, 6.45) is -2.95. The van der Waals surface area contributed by atoms with Crippen LogP contribution in [0.15, 0.2) is 18.2 Å². The van der Waals surface area contributed by atoms with Crippen molar-refractivity contribution in [2.75, 3.05) is 18.4 Å². The number of halogens is 5. The van der Waals surface area contributed by atoms with Gasteiger partial charge in [-0.1, -0.05) is 33.6 Å². The first-order chi connectivity index (χ1) is 8.95. The van der Waals surface area contributed by atoms with Crippen LogP contribution in [-0.2, 0) is 11.2 Å². The minimum atomic E-state index is -2.63. The first-order valence-corrected chi connectivity index (χ1v) is 7.00. The highest BCUT2D eigenvalue weighted by Gasteiger charge is 2.20. The van der Waals surface area contributed by atoms with Crippen molar-refractivity contribution in [3.63, 3.8) is 0 Å². The van der Waals surface area contributed by atoms with Crippen molar-refractivity contribution in [1.82, 2.24) is 4.90 Å². The number of benzene rings is 1. The molecular weight excluding hydrogens is 346 g/mol. The standard InChI is InChI=1S/C12H12BrClF3NO/c13-4-5-18(7-11(16)17)12(19)6-8-9(14)2-1-3-10(8)15/h1-3,11H,4-7H2. The van der Waals surface area contributed by atoms with Gasteiger partial charge in [-0.05, 0) is 12.1 Å². The molecule has 0 aliphatic carbocycles. The van der Waals surface area contributed by atoms with Crippen LogP contribution in [-0.4, -0.2) is 35.7 Å². The first-order valence-electron chi connectivity index (χ1n) is 5.50. The van der Waals surface area contributed by atoms with E-state index < -0.39 is 24.7 Å². The number of nitrogens with zero attached hydrogens (tertiary/aromatic N) is 1. The number of amides is 1. The van der Waals surface area contributed by atoms with Gasteiger partial charge in [0.1, 0.15) is 5.82 Å². The van der Waals surface area contributed by atoms with E-state index in [0.29, 0.717) is 5.33 Å². The third-order valence-electron chi connectivity index (χ3n) is 2.46. The summed E-state index contributed by atoms with van der Waals surface area (Å²) < 4.78 is 38.2. The summed E-state index contributed by atoms with van der Waals surface area (Å²) in [6, 6.07) is 4.05. The monoisotopic (exact) mass is 357 g/mol. The Hall–Kier alpha value is -0.750. The Labute approximate surface area is 122 Å². The van der Waals surface area contributed by atoms with Crippen molar-refractivity contribution in [3.05, 3.63) is 34.6 Å². The van der Waals surface area contributed by atoms with Gasteiger partial charge in [0.2, 0.25) is 5.91 Å². The molecule has 1 aromatic carbocycles. The van der Waals surface area contributed by atoms with Gasteiger partial charge in [-0.25, -0.2) is 13.2 Å². The van der Waals surface area contributed by atoms with Crippen LogP contribution in [0, 0.1) is 5.82 Å². The molecule has 19 heavy (non-hydrogen) atoms. The maximum atomic E-state index is 13.5. The topological polar surface area (TPSA) is 20.3 Å². The van der Waals surface area contributed by atoms with Crippen LogP contribution in [0.1, 0.15) is 5.56 Å². The molecule has 0 saturated heterocycles. The van der Waals surface area contributed by atoms with Crippen molar-refractivity contribution in [3.8, 4) is 0 Å². The number of carbonyl (C=O) groups is 1. The first kappa shape index (κ1) is 16.3. The second-order valence-electron chi connectivity index (χ2n) is 3.80. The summed E-state index contributed by atoms with van der Waals surface area (Å²) in [4.78, 5) is 12.9. The molecule has 0 aromatic heterocycles. The molecule has 0 heterocycles. The molecule has 0 N–H and O–H groups in total. The molecule has 1 amide bonds. The highest BCUT2D eigenvalue weighted by Crippen LogP contribution is 2.20. The van der Waals surface area contributed by atoms with Crippen LogP contribution in [0.2, 0.25) is 5.02 Å². The summed E-state index contributed by atoms with van der Waals surface area (Å²) in [6.45, 7) is -0.536. The van der Waals surface area contributed by atoms with Crippen molar-refractivity contribution in [2.24, 2.45) is 0 Å². The van der Waals surface area contributed by atoms with Crippen molar-refractivity contribution >= 4 is 33.4 Å². The third-order valence-corrected chi connectivity index (χ3v) is 3.16. The van der Waals surface area contributed by atoms with Crippen LogP contribution >= 0.6 is 27.5 Å². The van der Waals surface area contributed by atoms with E-state index in [0.717, 1.165) is 4.90 Å². The number of carbonyl (C=O) groups excluding carboxylic acids is 1. The molecule has 0 fully saturated rings. The molecular formula is C12H12BrClF3NO. The second-order valence-corrected chi connectivity index (χ2v) is 5.00. The quantitative estimate of drug-likeness (QED) is 0.713. The average Bonchev–Trinajstić information content (AvgIpc) is 2.32. The minimum absolute atomic E-state index is 0.0306. The number of alkyl halides is 3. The molecule has 1 aromatic rings. The Balaban J connectivity index is 2.81. The molecule has 0 aliphatic rings. The van der Waals surface area contributed by atoms with Crippen molar-refractivity contribution < 1.29 is 18.0 Å². The van der Waals surface area contributed by atoms with Gasteiger partial charge in [-0.15, -0.1) is 0 Å². The fourth-order valence-corrected chi connectivity index (χ4v) is 2.21. The Morgan fingerprint density at radius 2 is 2.11 bits per heavy atom. The van der Waals surface area contributed by atoms with Gasteiger partial charge in [-0.3, -0.25) is 4.79 Å². The highest BCUT2D eigenvalue weighted by molar-refractivity contribution is 9.09. The molecule has 2 nitrogen and oxygen atoms in total. The molecule has 0 saturated carbocycles. The number of rotatable bonds is 6. The summed E-state index contributed by atoms with van der Waals surface area (Å²) in [5.41, 5.74) is 0.0306. The van der Waals surface area contributed by atoms with Gasteiger partial charge in [0.05, 0.1) is 13.0 Å². The van der Waals surface area contributed by atoms with Crippen LogP contribution in [0.25, 0.3) is 0 Å². The average molecular weight is 359 g/mol. The number of hydrogen-bond donors (Lipinski definition) is 0. The van der Waals surface area contributed by atoms with Crippen LogP contribution < -0.4 is 0 Å². The van der Waals surface area contributed by atoms with Gasteiger partial charge in [0.15, 0.2) is 0 Å². The fourth-order valence-electron chi connectivity index (χ4n) is 1.55. The predicted octanol–water partition coefficient (Wildman–Crippen LogP) is 3.51. The van der Waals surface area contributed by atoms with E-state index in [-0.39, 0.29) is 23.6 Å². The molecule has 106 valence electrons. The summed E-state index contributed by atoms with van der Waals surface area (Å²) in [5.74, 6) is -1.19. The van der Waals surface area contributed by atoms with Gasteiger partial charge >= 0.3 is 0 Å². The molecule has 0 unspecified atom stereocenters. The van der Waals surface area contributed by atoms with Crippen molar-refractivity contribution in [2.45, 2.75) is 12.8 Å². The Morgan fingerprint density at radius 3 is 2.63 bits per heavy atom. The lowest BCUT2D eigenvalue weighted by molar-refractivity contribution is -0.132. The van der Waals surface area contributed by atoms with E-state index in [9.17, 15) is 18.0 Å². The van der Waals surface area contributed by atoms with Crippen LogP contribution in [0.3, 0.4) is 0 Å². The van der Waals surface area contributed by atoms with Gasteiger partial charge in [0, 0.05) is 22.5 Å². The largest absolute Gasteiger partial charge is 0.336 e. The Bertz CT molecular complexity index is 425. The smallest absolute Gasteiger partial charge is 0.255 e. The summed E-state index contributed by atoms with van der Waals surface area (Å²) in [7, 11) is 0. The predicted molar refractivity (Wildman–Crippen MR) is 71.5 cm³/mol. The third kappa shape index (κ3) is 5.03. The summed E-state index contributed by atoms with van der Waals surface area (Å²) in [5, 5.41) is 0.486. The zero-order valence-corrected chi connectivity index (χ0v) is 12.2. The molecule has 0 atom stereocenters. The molecule has 0 radical (unpaired) electrons. The van der Waals surface area contributed by atoms with E-state index in [4.69, 9.17) is 11.6 Å². The maximum absolute atomic E-state index is 13.5. The van der Waals surface area contributed by atoms with Crippen LogP contribution in [0.5, 0.6) is 0 Å². The zero-order chi connectivity index (χ0) is 14.4. The molecule has 0 bridgehead atoms. The Morgan fingerprint density at radius 1 is 1.42 bits per heavy atom. The molecule has 7 heteroatoms. The van der Waals surface area contributed by atoms with Gasteiger partial charge in [-0.2, -0.15) is 0 Å². The normalized spacial score (nSPS) is 10.8. The maximum Gasteiger partial charge on any atom is 0.255 e. The minimum Gasteiger partial charge on any atom is -0.336 e. The lowest BCUT2D eigenvalue weighted by Crippen LogP contribution is -2.37. The van der Waals surface area contributed by atoms with E-state index in [1.165, 1.54) is 18.2 Å². The second kappa shape index (κ2) is 7.75. The van der Waals surface area contributed by atoms with Crippen molar-refractivity contribution in [1.29, 1.82) is 0 Å². The van der Waals surface area contributed by atoms with Crippen LogP contribution in [0.4, 0.5) is 13.2 Å². The number of hydrogen-bond acceptors (Lipinski definition) is 1. The van der Waals surface area contributed by atoms with E-state index in [2.05, 4.69) is 15.9 Å². The summed E-state index contributed by atoms with van der Waals surface area (Å²) >= 11 is 8.88. The molecule has 0 aliphatic heterocycles. The SMILES string of the molecule is O=C(Cc1c(F)cccc1Cl)N(CCBr)CC(F)F. The van der Waals surface area contributed by atoms with Gasteiger partial charge in [0.25, 0.3) is 6.43 Å². The van der Waals surface area contributed by atoms with E-state index in [1.807, 2.05) is 0 Å². The molecule has 1 rings (SSSR count). The van der Waals surface area contributed by atoms with E-state index in [1.54, 1.807) is 0 Å².